The molecule has 0 fully saturated rings. The Labute approximate surface area is 211 Å². The number of hydrazine groups is 1. The molecule has 186 valence electrons. The third-order valence-electron chi connectivity index (χ3n) is 5.78. The molecule has 3 aromatic heterocycles. The molecule has 2 N–H and O–H groups in total. The Morgan fingerprint density at radius 1 is 0.865 bits per heavy atom. The van der Waals surface area contributed by atoms with E-state index in [9.17, 15) is 14.4 Å². The second-order valence-corrected chi connectivity index (χ2v) is 8.73. The number of rotatable bonds is 5. The number of carbonyl (C=O) groups excluding carboxylic acids is 2. The zero-order chi connectivity index (χ0) is 26.1. The number of amides is 2. The number of para-hydroxylation sites is 1. The Morgan fingerprint density at radius 2 is 1.54 bits per heavy atom. The molecule has 0 bridgehead atoms. The molecule has 2 amide bonds. The average molecular weight is 497 g/mol. The number of nitrogens with one attached hydrogen (secondary N) is 2. The topological polar surface area (TPSA) is 124 Å². The van der Waals surface area contributed by atoms with Gasteiger partial charge in [-0.15, -0.1) is 0 Å². The maximum absolute atomic E-state index is 13.2. The number of hydrogen-bond donors (Lipinski definition) is 2. The number of benzene rings is 2. The second kappa shape index (κ2) is 9.57. The molecule has 10 nitrogen and oxygen atoms in total. The van der Waals surface area contributed by atoms with Gasteiger partial charge in [-0.05, 0) is 51.1 Å². The summed E-state index contributed by atoms with van der Waals surface area (Å²) in [7, 11) is 0. The van der Waals surface area contributed by atoms with Gasteiger partial charge in [0.25, 0.3) is 17.4 Å². The minimum Gasteiger partial charge on any atom is -0.460 e. The Balaban J connectivity index is 1.46. The molecular formula is C27H24N6O4. The molecule has 10 heteroatoms. The van der Waals surface area contributed by atoms with Crippen LogP contribution in [-0.4, -0.2) is 31.4 Å². The van der Waals surface area contributed by atoms with Gasteiger partial charge in [-0.2, -0.15) is 10.2 Å². The van der Waals surface area contributed by atoms with Crippen LogP contribution in [0.15, 0.2) is 82.1 Å². The summed E-state index contributed by atoms with van der Waals surface area (Å²) in [5.74, 6) is -0.173. The molecule has 0 spiro atoms. The molecule has 3 heterocycles. The zero-order valence-corrected chi connectivity index (χ0v) is 20.4. The number of aryl methyl sites for hydroxylation is 1. The highest BCUT2D eigenvalue weighted by molar-refractivity contribution is 6.06. The van der Waals surface area contributed by atoms with Crippen LogP contribution >= 0.6 is 0 Å². The number of carbonyl (C=O) groups is 2. The first-order valence-electron chi connectivity index (χ1n) is 11.7. The van der Waals surface area contributed by atoms with Crippen LogP contribution in [-0.2, 0) is 0 Å². The van der Waals surface area contributed by atoms with Crippen molar-refractivity contribution < 1.29 is 14.0 Å². The molecule has 2 aromatic carbocycles. The highest BCUT2D eigenvalue weighted by Crippen LogP contribution is 2.25. The molecule has 0 saturated heterocycles. The van der Waals surface area contributed by atoms with Crippen LogP contribution in [0.3, 0.4) is 0 Å². The van der Waals surface area contributed by atoms with E-state index in [1.807, 2.05) is 30.3 Å². The van der Waals surface area contributed by atoms with Crippen LogP contribution in [0.4, 0.5) is 0 Å². The Bertz CT molecular complexity index is 1680. The van der Waals surface area contributed by atoms with Gasteiger partial charge in [0.1, 0.15) is 11.5 Å². The summed E-state index contributed by atoms with van der Waals surface area (Å²) in [5.41, 5.74) is 5.87. The molecule has 0 radical (unpaired) electrons. The molecule has 5 rings (SSSR count). The average Bonchev–Trinajstić information content (AvgIpc) is 3.54. The summed E-state index contributed by atoms with van der Waals surface area (Å²) in [6.07, 6.45) is 1.57. The standard InChI is InChI=1S/C27H24N6O4/c1-16(2)33-27(36)20-12-8-7-11-19(20)24(31-33)26(35)29-28-25(34)21-15-32(18-9-5-4-6-10-18)30-23(21)22-14-13-17(3)37-22/h4-16H,1-3H3,(H,28,34)(H,29,35). The lowest BCUT2D eigenvalue weighted by atomic mass is 10.1. The van der Waals surface area contributed by atoms with Gasteiger partial charge in [-0.1, -0.05) is 36.4 Å². The lowest BCUT2D eigenvalue weighted by Gasteiger charge is -2.13. The van der Waals surface area contributed by atoms with E-state index in [1.54, 1.807) is 68.0 Å². The predicted molar refractivity (Wildman–Crippen MR) is 137 cm³/mol. The normalized spacial score (nSPS) is 11.1. The molecule has 0 aliphatic heterocycles. The van der Waals surface area contributed by atoms with E-state index in [0.717, 1.165) is 5.69 Å². The molecule has 0 saturated carbocycles. The van der Waals surface area contributed by atoms with Crippen LogP contribution in [0.1, 0.15) is 46.5 Å². The van der Waals surface area contributed by atoms with Crippen LogP contribution in [0.2, 0.25) is 0 Å². The first-order valence-corrected chi connectivity index (χ1v) is 11.7. The molecule has 0 atom stereocenters. The molecule has 0 aliphatic carbocycles. The summed E-state index contributed by atoms with van der Waals surface area (Å²) in [6, 6.07) is 19.3. The first kappa shape index (κ1) is 23.7. The second-order valence-electron chi connectivity index (χ2n) is 8.73. The first-order chi connectivity index (χ1) is 17.8. The van der Waals surface area contributed by atoms with Crippen molar-refractivity contribution in [3.63, 3.8) is 0 Å². The van der Waals surface area contributed by atoms with E-state index in [-0.39, 0.29) is 22.9 Å². The lowest BCUT2D eigenvalue weighted by molar-refractivity contribution is 0.0843. The Morgan fingerprint density at radius 3 is 2.22 bits per heavy atom. The van der Waals surface area contributed by atoms with Gasteiger partial charge < -0.3 is 4.42 Å². The van der Waals surface area contributed by atoms with Crippen molar-refractivity contribution >= 4 is 22.6 Å². The van der Waals surface area contributed by atoms with Crippen LogP contribution < -0.4 is 16.4 Å². The smallest absolute Gasteiger partial charge is 0.290 e. The fraction of sp³-hybridized carbons (Fsp3) is 0.148. The quantitative estimate of drug-likeness (QED) is 0.357. The van der Waals surface area contributed by atoms with E-state index in [2.05, 4.69) is 21.0 Å². The van der Waals surface area contributed by atoms with Gasteiger partial charge in [0.2, 0.25) is 0 Å². The van der Waals surface area contributed by atoms with Crippen molar-refractivity contribution in [3.8, 4) is 17.1 Å². The number of aromatic nitrogens is 4. The van der Waals surface area contributed by atoms with Crippen molar-refractivity contribution in [3.05, 3.63) is 100 Å². The number of fused-ring (bicyclic) bond motifs is 1. The van der Waals surface area contributed by atoms with E-state index in [1.165, 1.54) is 4.68 Å². The van der Waals surface area contributed by atoms with Gasteiger partial charge in [-0.3, -0.25) is 25.2 Å². The minimum atomic E-state index is -0.662. The monoisotopic (exact) mass is 496 g/mol. The Hall–Kier alpha value is -4.99. The largest absolute Gasteiger partial charge is 0.460 e. The lowest BCUT2D eigenvalue weighted by Crippen LogP contribution is -2.43. The minimum absolute atomic E-state index is 0.0195. The molecule has 0 unspecified atom stereocenters. The number of furan rings is 1. The van der Waals surface area contributed by atoms with Gasteiger partial charge in [0.15, 0.2) is 11.5 Å². The van der Waals surface area contributed by atoms with Crippen LogP contribution in [0.25, 0.3) is 27.9 Å². The third-order valence-corrected chi connectivity index (χ3v) is 5.78. The summed E-state index contributed by atoms with van der Waals surface area (Å²) < 4.78 is 8.53. The molecule has 0 aliphatic rings. The van der Waals surface area contributed by atoms with Crippen molar-refractivity contribution in [2.45, 2.75) is 26.8 Å². The molecule has 37 heavy (non-hydrogen) atoms. The summed E-state index contributed by atoms with van der Waals surface area (Å²) in [4.78, 5) is 39.1. The third kappa shape index (κ3) is 4.52. The maximum Gasteiger partial charge on any atom is 0.290 e. The number of nitrogens with zero attached hydrogens (tertiary/aromatic N) is 4. The molecule has 5 aromatic rings. The van der Waals surface area contributed by atoms with Gasteiger partial charge >= 0.3 is 0 Å². The predicted octanol–water partition coefficient (Wildman–Crippen LogP) is 3.81. The van der Waals surface area contributed by atoms with Crippen molar-refractivity contribution in [2.24, 2.45) is 0 Å². The van der Waals surface area contributed by atoms with Crippen molar-refractivity contribution in [2.75, 3.05) is 0 Å². The van der Waals surface area contributed by atoms with Gasteiger partial charge in [0.05, 0.1) is 22.7 Å². The van der Waals surface area contributed by atoms with Gasteiger partial charge in [-0.25, -0.2) is 9.36 Å². The number of hydrogen-bond acceptors (Lipinski definition) is 6. The van der Waals surface area contributed by atoms with E-state index in [4.69, 9.17) is 4.42 Å². The van der Waals surface area contributed by atoms with Crippen LogP contribution in [0.5, 0.6) is 0 Å². The highest BCUT2D eigenvalue weighted by atomic mass is 16.3. The zero-order valence-electron chi connectivity index (χ0n) is 20.4. The van der Waals surface area contributed by atoms with Crippen molar-refractivity contribution in [1.29, 1.82) is 0 Å². The van der Waals surface area contributed by atoms with Gasteiger partial charge in [0, 0.05) is 11.6 Å². The summed E-state index contributed by atoms with van der Waals surface area (Å²) in [6.45, 7) is 5.40. The summed E-state index contributed by atoms with van der Waals surface area (Å²) in [5, 5.41) is 9.57. The van der Waals surface area contributed by atoms with E-state index in [0.29, 0.717) is 28.0 Å². The van der Waals surface area contributed by atoms with E-state index >= 15 is 0 Å². The van der Waals surface area contributed by atoms with E-state index < -0.39 is 11.8 Å². The maximum atomic E-state index is 13.2. The molecular weight excluding hydrogens is 472 g/mol. The fourth-order valence-corrected chi connectivity index (χ4v) is 3.96. The van der Waals surface area contributed by atoms with Crippen LogP contribution in [0, 0.1) is 6.92 Å². The SMILES string of the molecule is Cc1ccc(-c2nn(-c3ccccc3)cc2C(=O)NNC(=O)c2nn(C(C)C)c(=O)c3ccccc23)o1. The summed E-state index contributed by atoms with van der Waals surface area (Å²) >= 11 is 0. The Kier molecular flexibility index (Phi) is 6.14. The highest BCUT2D eigenvalue weighted by Gasteiger charge is 2.23. The fourth-order valence-electron chi connectivity index (χ4n) is 3.96. The van der Waals surface area contributed by atoms with Crippen molar-refractivity contribution in [1.82, 2.24) is 30.4 Å².